The Labute approximate surface area is 124 Å². The molecule has 1 heterocycles. The highest BCUT2D eigenvalue weighted by atomic mass is 79.9. The molecule has 20 heavy (non-hydrogen) atoms. The first-order valence-electron chi connectivity index (χ1n) is 6.36. The molecule has 0 bridgehead atoms. The van der Waals surface area contributed by atoms with E-state index in [1.165, 1.54) is 10.7 Å². The average molecular weight is 340 g/mol. The number of anilines is 1. The van der Waals surface area contributed by atoms with Crippen LogP contribution in [0.4, 0.5) is 10.1 Å². The lowest BCUT2D eigenvalue weighted by Gasteiger charge is -2.09. The molecule has 106 valence electrons. The van der Waals surface area contributed by atoms with E-state index >= 15 is 0 Å². The lowest BCUT2D eigenvalue weighted by molar-refractivity contribution is 0.609. The van der Waals surface area contributed by atoms with Gasteiger partial charge in [0.05, 0.1) is 11.9 Å². The fraction of sp³-hybridized carbons (Fsp3) is 0.286. The molecule has 1 aromatic carbocycles. The van der Waals surface area contributed by atoms with Crippen LogP contribution in [0.3, 0.4) is 0 Å². The van der Waals surface area contributed by atoms with Crippen LogP contribution < -0.4 is 10.9 Å². The van der Waals surface area contributed by atoms with Crippen molar-refractivity contribution in [1.82, 2.24) is 9.78 Å². The summed E-state index contributed by atoms with van der Waals surface area (Å²) >= 11 is 3.26. The maximum Gasteiger partial charge on any atom is 0.283 e. The fourth-order valence-corrected chi connectivity index (χ4v) is 2.29. The third kappa shape index (κ3) is 3.25. The van der Waals surface area contributed by atoms with E-state index in [-0.39, 0.29) is 11.4 Å². The largest absolute Gasteiger partial charge is 0.382 e. The van der Waals surface area contributed by atoms with Gasteiger partial charge in [0.1, 0.15) is 10.3 Å². The summed E-state index contributed by atoms with van der Waals surface area (Å²) in [5, 5.41) is 7.13. The van der Waals surface area contributed by atoms with E-state index < -0.39 is 0 Å². The van der Waals surface area contributed by atoms with Gasteiger partial charge in [-0.3, -0.25) is 4.79 Å². The third-order valence-corrected chi connectivity index (χ3v) is 3.72. The maximum absolute atomic E-state index is 13.5. The monoisotopic (exact) mass is 339 g/mol. The normalized spacial score (nSPS) is 10.6. The number of hydrogen-bond acceptors (Lipinski definition) is 3. The van der Waals surface area contributed by atoms with Gasteiger partial charge in [-0.2, -0.15) is 5.10 Å². The highest BCUT2D eigenvalue weighted by molar-refractivity contribution is 9.10. The molecule has 0 aliphatic carbocycles. The maximum atomic E-state index is 13.5. The predicted molar refractivity (Wildman–Crippen MR) is 80.5 cm³/mol. The minimum Gasteiger partial charge on any atom is -0.382 e. The van der Waals surface area contributed by atoms with E-state index in [0.717, 1.165) is 0 Å². The SMILES string of the molecule is CCn1ncc(NCCc2ccccc2F)c(Br)c1=O. The van der Waals surface area contributed by atoms with Crippen LogP contribution in [0.1, 0.15) is 12.5 Å². The molecule has 0 aliphatic heterocycles. The first kappa shape index (κ1) is 14.7. The summed E-state index contributed by atoms with van der Waals surface area (Å²) in [4.78, 5) is 11.9. The zero-order valence-electron chi connectivity index (χ0n) is 11.1. The molecule has 0 saturated carbocycles. The van der Waals surface area contributed by atoms with Crippen LogP contribution in [0.2, 0.25) is 0 Å². The number of halogens is 2. The molecular formula is C14H15BrFN3O. The van der Waals surface area contributed by atoms with Crippen molar-refractivity contribution in [2.75, 3.05) is 11.9 Å². The van der Waals surface area contributed by atoms with Gasteiger partial charge < -0.3 is 5.32 Å². The molecule has 2 aromatic rings. The Morgan fingerprint density at radius 3 is 2.85 bits per heavy atom. The van der Waals surface area contributed by atoms with E-state index in [9.17, 15) is 9.18 Å². The van der Waals surface area contributed by atoms with Gasteiger partial charge >= 0.3 is 0 Å². The molecule has 0 saturated heterocycles. The number of benzene rings is 1. The van der Waals surface area contributed by atoms with Gasteiger partial charge in [0.15, 0.2) is 0 Å². The summed E-state index contributed by atoms with van der Waals surface area (Å²) in [6.07, 6.45) is 2.13. The molecule has 0 spiro atoms. The first-order valence-corrected chi connectivity index (χ1v) is 7.15. The van der Waals surface area contributed by atoms with Crippen LogP contribution in [0.15, 0.2) is 39.7 Å². The van der Waals surface area contributed by atoms with Gasteiger partial charge in [-0.15, -0.1) is 0 Å². The summed E-state index contributed by atoms with van der Waals surface area (Å²) in [6.45, 7) is 2.90. The molecule has 0 unspecified atom stereocenters. The minimum absolute atomic E-state index is 0.177. The molecule has 4 nitrogen and oxygen atoms in total. The number of nitrogens with zero attached hydrogens (tertiary/aromatic N) is 2. The molecule has 0 amide bonds. The molecule has 6 heteroatoms. The van der Waals surface area contributed by atoms with Crippen molar-refractivity contribution in [3.05, 3.63) is 56.7 Å². The van der Waals surface area contributed by atoms with Crippen molar-refractivity contribution in [1.29, 1.82) is 0 Å². The van der Waals surface area contributed by atoms with E-state index in [2.05, 4.69) is 26.3 Å². The van der Waals surface area contributed by atoms with Crippen molar-refractivity contribution in [3.63, 3.8) is 0 Å². The molecule has 1 N–H and O–H groups in total. The smallest absolute Gasteiger partial charge is 0.283 e. The first-order chi connectivity index (χ1) is 9.63. The van der Waals surface area contributed by atoms with Crippen LogP contribution in [0.25, 0.3) is 0 Å². The summed E-state index contributed by atoms with van der Waals surface area (Å²) in [6, 6.07) is 6.66. The number of nitrogens with one attached hydrogen (secondary N) is 1. The molecule has 0 fully saturated rings. The topological polar surface area (TPSA) is 46.9 Å². The Bertz CT molecular complexity index is 657. The second-order valence-electron chi connectivity index (χ2n) is 4.26. The Morgan fingerprint density at radius 1 is 1.40 bits per heavy atom. The van der Waals surface area contributed by atoms with Gasteiger partial charge in [0, 0.05) is 13.1 Å². The van der Waals surface area contributed by atoms with Crippen molar-refractivity contribution in [3.8, 4) is 0 Å². The van der Waals surface area contributed by atoms with Crippen LogP contribution in [-0.2, 0) is 13.0 Å². The molecule has 2 rings (SSSR count). The van der Waals surface area contributed by atoms with E-state index in [1.807, 2.05) is 6.92 Å². The van der Waals surface area contributed by atoms with Gasteiger partial charge in [-0.25, -0.2) is 9.07 Å². The summed E-state index contributed by atoms with van der Waals surface area (Å²) < 4.78 is 15.3. The average Bonchev–Trinajstić information content (AvgIpc) is 2.46. The zero-order valence-corrected chi connectivity index (χ0v) is 12.7. The predicted octanol–water partition coefficient (Wildman–Crippen LogP) is 2.82. The fourth-order valence-electron chi connectivity index (χ4n) is 1.85. The van der Waals surface area contributed by atoms with Gasteiger partial charge in [0.25, 0.3) is 5.56 Å². The van der Waals surface area contributed by atoms with E-state index in [4.69, 9.17) is 0 Å². The standard InChI is InChI=1S/C14H15BrFN3O/c1-2-19-14(20)13(15)12(9-18-19)17-8-7-10-5-3-4-6-11(10)16/h3-6,9,17H,2,7-8H2,1H3. The van der Waals surface area contributed by atoms with E-state index in [0.29, 0.717) is 35.2 Å². The summed E-state index contributed by atoms with van der Waals surface area (Å²) in [7, 11) is 0. The van der Waals surface area contributed by atoms with E-state index in [1.54, 1.807) is 24.4 Å². The minimum atomic E-state index is -0.215. The van der Waals surface area contributed by atoms with Crippen molar-refractivity contribution >= 4 is 21.6 Å². The molecule has 1 aromatic heterocycles. The van der Waals surface area contributed by atoms with Crippen LogP contribution >= 0.6 is 15.9 Å². The second kappa shape index (κ2) is 6.65. The molecule has 0 atom stereocenters. The lowest BCUT2D eigenvalue weighted by atomic mass is 10.1. The number of aryl methyl sites for hydroxylation is 1. The highest BCUT2D eigenvalue weighted by Crippen LogP contribution is 2.16. The quantitative estimate of drug-likeness (QED) is 0.911. The highest BCUT2D eigenvalue weighted by Gasteiger charge is 2.07. The van der Waals surface area contributed by atoms with Crippen LogP contribution in [-0.4, -0.2) is 16.3 Å². The Hall–Kier alpha value is -1.69. The van der Waals surface area contributed by atoms with Crippen molar-refractivity contribution in [2.24, 2.45) is 0 Å². The second-order valence-corrected chi connectivity index (χ2v) is 5.05. The van der Waals surface area contributed by atoms with Crippen LogP contribution in [0.5, 0.6) is 0 Å². The van der Waals surface area contributed by atoms with Gasteiger partial charge in [0.2, 0.25) is 0 Å². The lowest BCUT2D eigenvalue weighted by Crippen LogP contribution is -2.24. The summed E-state index contributed by atoms with van der Waals surface area (Å²) in [5.74, 6) is -0.215. The zero-order chi connectivity index (χ0) is 14.5. The number of aromatic nitrogens is 2. The Morgan fingerprint density at radius 2 is 2.15 bits per heavy atom. The summed E-state index contributed by atoms with van der Waals surface area (Å²) in [5.41, 5.74) is 1.09. The number of hydrogen-bond donors (Lipinski definition) is 1. The molecular weight excluding hydrogens is 325 g/mol. The Balaban J connectivity index is 2.04. The van der Waals surface area contributed by atoms with Gasteiger partial charge in [-0.05, 0) is 40.9 Å². The van der Waals surface area contributed by atoms with Crippen LogP contribution in [0, 0.1) is 5.82 Å². The molecule has 0 radical (unpaired) electrons. The number of rotatable bonds is 5. The van der Waals surface area contributed by atoms with Crippen molar-refractivity contribution < 1.29 is 4.39 Å². The third-order valence-electron chi connectivity index (χ3n) is 2.95. The molecule has 0 aliphatic rings. The van der Waals surface area contributed by atoms with Crippen molar-refractivity contribution in [2.45, 2.75) is 19.9 Å². The Kier molecular flexibility index (Phi) is 4.89. The van der Waals surface area contributed by atoms with Gasteiger partial charge in [-0.1, -0.05) is 18.2 Å².